The van der Waals surface area contributed by atoms with Gasteiger partial charge in [-0.25, -0.2) is 0 Å². The Morgan fingerprint density at radius 3 is 1.30 bits per heavy atom. The highest BCUT2D eigenvalue weighted by molar-refractivity contribution is 7.87. The molecule has 0 radical (unpaired) electrons. The van der Waals surface area contributed by atoms with E-state index in [4.69, 9.17) is 8.37 Å². The Balaban J connectivity index is 2.11. The van der Waals surface area contributed by atoms with E-state index >= 15 is 0 Å². The summed E-state index contributed by atoms with van der Waals surface area (Å²) in [6, 6.07) is 14.6. The lowest BCUT2D eigenvalue weighted by atomic mass is 9.93. The molecule has 0 aliphatic rings. The minimum absolute atomic E-state index is 0.104. The van der Waals surface area contributed by atoms with E-state index in [9.17, 15) is 27.0 Å². The van der Waals surface area contributed by atoms with Crippen molar-refractivity contribution in [3.63, 3.8) is 0 Å². The number of benzene rings is 2. The molecule has 2 aromatic rings. The summed E-state index contributed by atoms with van der Waals surface area (Å²) in [7, 11) is -8.29. The molecule has 0 saturated carbocycles. The molecule has 0 aromatic heterocycles. The fourth-order valence-electron chi connectivity index (χ4n) is 1.99. The number of rotatable bonds is 10. The van der Waals surface area contributed by atoms with Crippen molar-refractivity contribution in [2.24, 2.45) is 5.41 Å². The SMILES string of the molecule is O=S(=O)(OCC(CO)(CO)COS(=O)(=O)c1ccccc1)c1ccccc1. The van der Waals surface area contributed by atoms with Gasteiger partial charge in [0, 0.05) is 0 Å². The number of hydrogen-bond acceptors (Lipinski definition) is 8. The van der Waals surface area contributed by atoms with Crippen molar-refractivity contribution in [3.05, 3.63) is 60.7 Å². The van der Waals surface area contributed by atoms with Crippen LogP contribution in [0.25, 0.3) is 0 Å². The molecule has 0 fully saturated rings. The fraction of sp³-hybridized carbons (Fsp3) is 0.294. The van der Waals surface area contributed by atoms with Crippen LogP contribution in [0.3, 0.4) is 0 Å². The van der Waals surface area contributed by atoms with Crippen molar-refractivity contribution < 1.29 is 35.4 Å². The summed E-state index contributed by atoms with van der Waals surface area (Å²) in [5.41, 5.74) is -1.64. The van der Waals surface area contributed by atoms with Crippen LogP contribution < -0.4 is 0 Å². The average molecular weight is 416 g/mol. The zero-order valence-corrected chi connectivity index (χ0v) is 15.9. The van der Waals surface area contributed by atoms with Crippen LogP contribution in [0, 0.1) is 5.41 Å². The lowest BCUT2D eigenvalue weighted by molar-refractivity contribution is -0.0152. The highest BCUT2D eigenvalue weighted by Crippen LogP contribution is 2.23. The fourth-order valence-corrected chi connectivity index (χ4v) is 4.05. The smallest absolute Gasteiger partial charge is 0.296 e. The normalized spacial score (nSPS) is 12.8. The molecule has 10 heteroatoms. The molecule has 0 amide bonds. The van der Waals surface area contributed by atoms with Crippen LogP contribution in [0.2, 0.25) is 0 Å². The Morgan fingerprint density at radius 1 is 0.667 bits per heavy atom. The first-order chi connectivity index (χ1) is 12.7. The molecule has 0 aliphatic carbocycles. The Hall–Kier alpha value is -1.82. The van der Waals surface area contributed by atoms with Crippen LogP contribution in [0.4, 0.5) is 0 Å². The third-order valence-corrected chi connectivity index (χ3v) is 6.33. The quantitative estimate of drug-likeness (QED) is 0.544. The maximum absolute atomic E-state index is 12.2. The molecule has 2 aromatic carbocycles. The Morgan fingerprint density at radius 2 is 1.00 bits per heavy atom. The first-order valence-electron chi connectivity index (χ1n) is 7.85. The van der Waals surface area contributed by atoms with E-state index < -0.39 is 52.1 Å². The van der Waals surface area contributed by atoms with Crippen LogP contribution >= 0.6 is 0 Å². The van der Waals surface area contributed by atoms with Gasteiger partial charge in [0.05, 0.1) is 41.6 Å². The van der Waals surface area contributed by atoms with E-state index in [1.807, 2.05) is 0 Å². The van der Waals surface area contributed by atoms with Crippen molar-refractivity contribution >= 4 is 20.2 Å². The van der Waals surface area contributed by atoms with Gasteiger partial charge >= 0.3 is 0 Å². The summed E-state index contributed by atoms with van der Waals surface area (Å²) in [5.74, 6) is 0. The molecule has 148 valence electrons. The number of aliphatic hydroxyl groups is 2. The van der Waals surface area contributed by atoms with Crippen molar-refractivity contribution in [2.75, 3.05) is 26.4 Å². The van der Waals surface area contributed by atoms with E-state index in [1.54, 1.807) is 12.1 Å². The van der Waals surface area contributed by atoms with E-state index in [2.05, 4.69) is 0 Å². The van der Waals surface area contributed by atoms with Crippen LogP contribution in [0.5, 0.6) is 0 Å². The predicted octanol–water partition coefficient (Wildman–Crippen LogP) is 0.768. The lowest BCUT2D eigenvalue weighted by Crippen LogP contribution is -2.41. The largest absolute Gasteiger partial charge is 0.396 e. The number of hydrogen-bond donors (Lipinski definition) is 2. The number of aliphatic hydroxyl groups excluding tert-OH is 2. The van der Waals surface area contributed by atoms with Gasteiger partial charge in [-0.1, -0.05) is 36.4 Å². The molecule has 0 saturated heterocycles. The summed E-state index contributed by atoms with van der Waals surface area (Å²) < 4.78 is 58.6. The van der Waals surface area contributed by atoms with E-state index in [0.29, 0.717) is 0 Å². The van der Waals surface area contributed by atoms with Gasteiger partial charge in [-0.3, -0.25) is 8.37 Å². The minimum Gasteiger partial charge on any atom is -0.396 e. The van der Waals surface area contributed by atoms with Crippen LogP contribution in [0.15, 0.2) is 70.5 Å². The second kappa shape index (κ2) is 8.91. The zero-order chi connectivity index (χ0) is 20.0. The van der Waals surface area contributed by atoms with E-state index in [1.165, 1.54) is 48.5 Å². The van der Waals surface area contributed by atoms with Gasteiger partial charge in [-0.15, -0.1) is 0 Å². The maximum atomic E-state index is 12.2. The third-order valence-electron chi connectivity index (χ3n) is 3.78. The van der Waals surface area contributed by atoms with Gasteiger partial charge in [0.15, 0.2) is 0 Å². The molecule has 0 unspecified atom stereocenters. The third kappa shape index (κ3) is 5.58. The van der Waals surface area contributed by atoms with Gasteiger partial charge in [-0.05, 0) is 24.3 Å². The van der Waals surface area contributed by atoms with Gasteiger partial charge < -0.3 is 10.2 Å². The van der Waals surface area contributed by atoms with Crippen molar-refractivity contribution in [3.8, 4) is 0 Å². The first kappa shape index (κ1) is 21.5. The molecule has 0 spiro atoms. The molecular formula is C17H20O8S2. The summed E-state index contributed by atoms with van der Waals surface area (Å²) in [6.45, 7) is -2.83. The second-order valence-corrected chi connectivity index (χ2v) is 9.11. The van der Waals surface area contributed by atoms with Crippen molar-refractivity contribution in [1.82, 2.24) is 0 Å². The monoisotopic (exact) mass is 416 g/mol. The maximum Gasteiger partial charge on any atom is 0.296 e. The van der Waals surface area contributed by atoms with Gasteiger partial charge in [0.2, 0.25) is 0 Å². The van der Waals surface area contributed by atoms with Crippen LogP contribution in [-0.2, 0) is 28.6 Å². The highest BCUT2D eigenvalue weighted by atomic mass is 32.2. The first-order valence-corrected chi connectivity index (χ1v) is 10.7. The zero-order valence-electron chi connectivity index (χ0n) is 14.3. The standard InChI is InChI=1S/C17H20O8S2/c18-11-17(12-19,13-24-26(20,21)15-7-3-1-4-8-15)14-25-27(22,23)16-9-5-2-6-10-16/h1-10,18-19H,11-14H2. The predicted molar refractivity (Wildman–Crippen MR) is 95.8 cm³/mol. The summed E-state index contributed by atoms with van der Waals surface area (Å²) in [6.07, 6.45) is 0. The molecular weight excluding hydrogens is 396 g/mol. The van der Waals surface area contributed by atoms with Gasteiger partial charge in [0.1, 0.15) is 0 Å². The molecule has 0 aliphatic heterocycles. The molecule has 0 atom stereocenters. The van der Waals surface area contributed by atoms with Crippen LogP contribution in [0.1, 0.15) is 0 Å². The Kier molecular flexibility index (Phi) is 7.09. The van der Waals surface area contributed by atoms with Crippen molar-refractivity contribution in [1.29, 1.82) is 0 Å². The molecule has 0 bridgehead atoms. The lowest BCUT2D eigenvalue weighted by Gasteiger charge is -2.28. The van der Waals surface area contributed by atoms with E-state index in [-0.39, 0.29) is 9.79 Å². The molecule has 8 nitrogen and oxygen atoms in total. The molecule has 27 heavy (non-hydrogen) atoms. The second-order valence-electron chi connectivity index (χ2n) is 5.87. The van der Waals surface area contributed by atoms with Crippen LogP contribution in [-0.4, -0.2) is 53.5 Å². The van der Waals surface area contributed by atoms with E-state index in [0.717, 1.165) is 0 Å². The highest BCUT2D eigenvalue weighted by Gasteiger charge is 2.35. The summed E-state index contributed by atoms with van der Waals surface area (Å²) in [4.78, 5) is -0.208. The molecule has 2 N–H and O–H groups in total. The topological polar surface area (TPSA) is 127 Å². The Bertz CT molecular complexity index is 846. The molecule has 0 heterocycles. The Labute approximate surface area is 158 Å². The van der Waals surface area contributed by atoms with Gasteiger partial charge in [0.25, 0.3) is 20.2 Å². The molecule has 2 rings (SSSR count). The summed E-state index contributed by atoms with van der Waals surface area (Å²) in [5, 5.41) is 19.2. The van der Waals surface area contributed by atoms with Crippen molar-refractivity contribution in [2.45, 2.75) is 9.79 Å². The average Bonchev–Trinajstić information content (AvgIpc) is 2.70. The summed E-state index contributed by atoms with van der Waals surface area (Å²) >= 11 is 0. The van der Waals surface area contributed by atoms with Gasteiger partial charge in [-0.2, -0.15) is 16.8 Å². The minimum atomic E-state index is -4.15.